The smallest absolute Gasteiger partial charge is 0.260 e. The number of rotatable bonds is 12. The predicted octanol–water partition coefficient (Wildman–Crippen LogP) is 5.27. The van der Waals surface area contributed by atoms with Gasteiger partial charge in [0.1, 0.15) is 6.04 Å². The first-order valence-electron chi connectivity index (χ1n) is 13.8. The van der Waals surface area contributed by atoms with Crippen LogP contribution in [0.2, 0.25) is 0 Å². The van der Waals surface area contributed by atoms with Gasteiger partial charge in [0.2, 0.25) is 11.1 Å². The van der Waals surface area contributed by atoms with E-state index in [1.807, 2.05) is 64.1 Å². The highest BCUT2D eigenvalue weighted by molar-refractivity contribution is 7.99. The number of allylic oxidation sites excluding steroid dienone is 1. The summed E-state index contributed by atoms with van der Waals surface area (Å²) < 4.78 is 13.3. The van der Waals surface area contributed by atoms with Crippen LogP contribution in [0.1, 0.15) is 51.3 Å². The van der Waals surface area contributed by atoms with E-state index in [2.05, 4.69) is 22.5 Å². The molecule has 0 fully saturated rings. The highest BCUT2D eigenvalue weighted by Gasteiger charge is 2.35. The Bertz CT molecular complexity index is 1430. The molecular weight excluding hydrogens is 540 g/mol. The van der Waals surface area contributed by atoms with Crippen LogP contribution in [0, 0.1) is 6.92 Å². The second-order valence-electron chi connectivity index (χ2n) is 9.67. The molecule has 1 aliphatic heterocycles. The molecule has 2 N–H and O–H groups in total. The number of likely N-dealkylation sites (N-methyl/N-ethyl adjacent to an activating group) is 1. The third-order valence-corrected chi connectivity index (χ3v) is 7.80. The summed E-state index contributed by atoms with van der Waals surface area (Å²) in [6.45, 7) is 10.9. The summed E-state index contributed by atoms with van der Waals surface area (Å²) in [6, 6.07) is 12.5. The maximum atomic E-state index is 13.8. The lowest BCUT2D eigenvalue weighted by Gasteiger charge is -2.29. The Kier molecular flexibility index (Phi) is 9.93. The number of aryl methyl sites for hydroxylation is 1. The van der Waals surface area contributed by atoms with Crippen molar-refractivity contribution in [1.82, 2.24) is 19.7 Å². The van der Waals surface area contributed by atoms with Crippen LogP contribution in [-0.4, -0.2) is 64.0 Å². The molecule has 1 aliphatic rings. The maximum absolute atomic E-state index is 13.8. The number of nitrogens with zero attached hydrogens (tertiary/aromatic N) is 4. The Morgan fingerprint density at radius 2 is 1.88 bits per heavy atom. The van der Waals surface area contributed by atoms with Gasteiger partial charge in [-0.1, -0.05) is 36.9 Å². The van der Waals surface area contributed by atoms with Gasteiger partial charge in [-0.15, -0.1) is 5.10 Å². The van der Waals surface area contributed by atoms with E-state index in [-0.39, 0.29) is 18.4 Å². The molecule has 0 bridgehead atoms. The molecule has 2 aromatic carbocycles. The van der Waals surface area contributed by atoms with Gasteiger partial charge in [0, 0.05) is 30.2 Å². The number of ether oxygens (including phenoxy) is 2. The number of carbonyl (C=O) groups is 2. The number of hydrogen-bond acceptors (Lipinski definition) is 8. The molecule has 11 heteroatoms. The second-order valence-corrected chi connectivity index (χ2v) is 10.7. The molecule has 218 valence electrons. The Hall–Kier alpha value is -3.99. The first-order chi connectivity index (χ1) is 19.8. The quantitative estimate of drug-likeness (QED) is 0.280. The summed E-state index contributed by atoms with van der Waals surface area (Å²) in [5, 5.41) is 11.7. The molecule has 1 atom stereocenters. The minimum absolute atomic E-state index is 0.0981. The van der Waals surface area contributed by atoms with E-state index in [0.717, 1.165) is 23.3 Å². The van der Waals surface area contributed by atoms with Crippen LogP contribution in [0.3, 0.4) is 0 Å². The van der Waals surface area contributed by atoms with Crippen molar-refractivity contribution in [2.75, 3.05) is 43.2 Å². The number of hydrogen-bond donors (Lipinski definition) is 2. The van der Waals surface area contributed by atoms with E-state index in [0.29, 0.717) is 52.7 Å². The normalized spacial score (nSPS) is 14.2. The van der Waals surface area contributed by atoms with Crippen LogP contribution in [0.25, 0.3) is 0 Å². The predicted molar refractivity (Wildman–Crippen MR) is 162 cm³/mol. The second kappa shape index (κ2) is 13.6. The van der Waals surface area contributed by atoms with Gasteiger partial charge >= 0.3 is 0 Å². The minimum Gasteiger partial charge on any atom is -0.493 e. The monoisotopic (exact) mass is 578 g/mol. The molecule has 0 spiro atoms. The van der Waals surface area contributed by atoms with Crippen molar-refractivity contribution in [3.05, 3.63) is 64.9 Å². The summed E-state index contributed by atoms with van der Waals surface area (Å²) in [4.78, 5) is 32.7. The molecule has 0 aliphatic carbocycles. The van der Waals surface area contributed by atoms with Crippen LogP contribution in [0.5, 0.6) is 11.5 Å². The van der Waals surface area contributed by atoms with Gasteiger partial charge in [-0.3, -0.25) is 9.59 Å². The van der Waals surface area contributed by atoms with E-state index < -0.39 is 6.04 Å². The number of aromatic nitrogens is 3. The Morgan fingerprint density at radius 3 is 2.56 bits per heavy atom. The van der Waals surface area contributed by atoms with Gasteiger partial charge in [0.05, 0.1) is 12.7 Å². The largest absolute Gasteiger partial charge is 0.493 e. The molecule has 1 unspecified atom stereocenters. The average Bonchev–Trinajstić information content (AvgIpc) is 3.37. The van der Waals surface area contributed by atoms with Crippen molar-refractivity contribution in [3.8, 4) is 11.5 Å². The van der Waals surface area contributed by atoms with Crippen molar-refractivity contribution in [2.45, 2.75) is 52.2 Å². The van der Waals surface area contributed by atoms with Gasteiger partial charge in [-0.05, 0) is 69.5 Å². The molecular formula is C30H38N6O4S. The molecule has 4 rings (SSSR count). The summed E-state index contributed by atoms with van der Waals surface area (Å²) >= 11 is 1.57. The highest BCUT2D eigenvalue weighted by atomic mass is 32.2. The fourth-order valence-corrected chi connectivity index (χ4v) is 5.37. The maximum Gasteiger partial charge on any atom is 0.260 e. The van der Waals surface area contributed by atoms with Crippen LogP contribution >= 0.6 is 11.8 Å². The summed E-state index contributed by atoms with van der Waals surface area (Å²) in [6.07, 6.45) is 0.988. The van der Waals surface area contributed by atoms with Crippen LogP contribution < -0.4 is 20.1 Å². The van der Waals surface area contributed by atoms with Gasteiger partial charge in [-0.25, -0.2) is 4.68 Å². The summed E-state index contributed by atoms with van der Waals surface area (Å²) in [5.74, 6) is 1.98. The number of benzene rings is 2. The van der Waals surface area contributed by atoms with Crippen molar-refractivity contribution in [2.24, 2.45) is 0 Å². The zero-order chi connectivity index (χ0) is 29.5. The van der Waals surface area contributed by atoms with E-state index >= 15 is 0 Å². The fraction of sp³-hybridized carbons (Fsp3) is 0.400. The molecule has 2 heterocycles. The van der Waals surface area contributed by atoms with Crippen molar-refractivity contribution >= 4 is 35.2 Å². The van der Waals surface area contributed by atoms with Crippen molar-refractivity contribution in [1.29, 1.82) is 0 Å². The number of methoxy groups -OCH3 is 1. The topological polar surface area (TPSA) is 111 Å². The SMILES string of the molecule is CCCSc1nc2n(n1)C(c1ccc(OCC(=O)N(CC)CC)c(OC)c1)C(C(=O)Nc1cccc(C)c1)=C(C)N2. The standard InChI is InChI=1S/C30H38N6O4S/c1-7-15-41-30-33-29-31-20(5)26(28(38)32-22-12-10-11-19(4)16-22)27(36(29)34-30)21-13-14-23(24(17-21)39-6)40-18-25(37)35(8-2)9-3/h10-14,16-17,27H,7-9,15,18H2,1-6H3,(H,32,38)(H,31,33,34). The number of fused-ring (bicyclic) bond motifs is 1. The van der Waals surface area contributed by atoms with Gasteiger partial charge in [0.25, 0.3) is 11.8 Å². The fourth-order valence-electron chi connectivity index (χ4n) is 4.69. The molecule has 0 saturated heterocycles. The lowest BCUT2D eigenvalue weighted by atomic mass is 9.94. The number of anilines is 2. The molecule has 3 aromatic rings. The number of carbonyl (C=O) groups excluding carboxylic acids is 2. The Labute approximate surface area is 245 Å². The van der Waals surface area contributed by atoms with Crippen LogP contribution in [0.4, 0.5) is 11.6 Å². The summed E-state index contributed by atoms with van der Waals surface area (Å²) in [5.41, 5.74) is 3.69. The van der Waals surface area contributed by atoms with Crippen LogP contribution in [-0.2, 0) is 9.59 Å². The first-order valence-corrected chi connectivity index (χ1v) is 14.8. The van der Waals surface area contributed by atoms with Gasteiger partial charge in [0.15, 0.2) is 18.1 Å². The zero-order valence-electron chi connectivity index (χ0n) is 24.5. The molecule has 41 heavy (non-hydrogen) atoms. The third kappa shape index (κ3) is 6.84. The zero-order valence-corrected chi connectivity index (χ0v) is 25.3. The first kappa shape index (κ1) is 30.0. The van der Waals surface area contributed by atoms with Crippen molar-refractivity contribution in [3.63, 3.8) is 0 Å². The molecule has 2 amide bonds. The highest BCUT2D eigenvalue weighted by Crippen LogP contribution is 2.40. The molecule has 1 aromatic heterocycles. The lowest BCUT2D eigenvalue weighted by molar-refractivity contribution is -0.133. The Balaban J connectivity index is 1.71. The third-order valence-electron chi connectivity index (χ3n) is 6.76. The van der Waals surface area contributed by atoms with Crippen molar-refractivity contribution < 1.29 is 19.1 Å². The van der Waals surface area contributed by atoms with E-state index in [4.69, 9.17) is 14.6 Å². The molecule has 0 saturated carbocycles. The van der Waals surface area contributed by atoms with Gasteiger partial charge < -0.3 is 25.0 Å². The van der Waals surface area contributed by atoms with Gasteiger partial charge in [-0.2, -0.15) is 4.98 Å². The molecule has 0 radical (unpaired) electrons. The average molecular weight is 579 g/mol. The number of nitrogens with one attached hydrogen (secondary N) is 2. The van der Waals surface area contributed by atoms with E-state index in [9.17, 15) is 9.59 Å². The number of thioether (sulfide) groups is 1. The van der Waals surface area contributed by atoms with E-state index in [1.54, 1.807) is 34.5 Å². The Morgan fingerprint density at radius 1 is 1.10 bits per heavy atom. The van der Waals surface area contributed by atoms with Crippen LogP contribution in [0.15, 0.2) is 58.9 Å². The lowest BCUT2D eigenvalue weighted by Crippen LogP contribution is -2.34. The summed E-state index contributed by atoms with van der Waals surface area (Å²) in [7, 11) is 1.55. The van der Waals surface area contributed by atoms with E-state index in [1.165, 1.54) is 0 Å². The minimum atomic E-state index is -0.584. The molecule has 10 nitrogen and oxygen atoms in total. The number of amides is 2.